The molecule has 0 aliphatic rings. The molecule has 0 saturated heterocycles. The lowest BCUT2D eigenvalue weighted by molar-refractivity contribution is -0.144. The molecule has 128 valence electrons. The molecule has 0 aromatic heterocycles. The fourth-order valence-electron chi connectivity index (χ4n) is 2.32. The van der Waals surface area contributed by atoms with Gasteiger partial charge in [0.25, 0.3) is 0 Å². The van der Waals surface area contributed by atoms with Crippen molar-refractivity contribution in [1.29, 1.82) is 0 Å². The summed E-state index contributed by atoms with van der Waals surface area (Å²) in [6.45, 7) is 1.97. The van der Waals surface area contributed by atoms with Gasteiger partial charge in [0.15, 0.2) is 0 Å². The zero-order chi connectivity index (χ0) is 17.7. The quantitative estimate of drug-likeness (QED) is 0.844. The highest BCUT2D eigenvalue weighted by Gasteiger charge is 2.29. The van der Waals surface area contributed by atoms with Gasteiger partial charge in [-0.15, -0.1) is 0 Å². The van der Waals surface area contributed by atoms with E-state index in [0.717, 1.165) is 23.3 Å². The van der Waals surface area contributed by atoms with Crippen LogP contribution in [0.4, 0.5) is 13.2 Å². The molecule has 1 atom stereocenters. The molecule has 3 nitrogen and oxygen atoms in total. The molecule has 2 aromatic carbocycles. The van der Waals surface area contributed by atoms with E-state index in [2.05, 4.69) is 0 Å². The van der Waals surface area contributed by atoms with Crippen LogP contribution < -0.4 is 5.73 Å². The van der Waals surface area contributed by atoms with Crippen LogP contribution in [0.5, 0.6) is 0 Å². The van der Waals surface area contributed by atoms with Gasteiger partial charge < -0.3 is 10.5 Å². The fraction of sp³-hybridized carbons (Fsp3) is 0.278. The van der Waals surface area contributed by atoms with Gasteiger partial charge in [0.2, 0.25) is 0 Å². The molecule has 1 unspecified atom stereocenters. The van der Waals surface area contributed by atoms with Crippen molar-refractivity contribution in [2.75, 3.05) is 6.61 Å². The summed E-state index contributed by atoms with van der Waals surface area (Å²) in [7, 11) is 0. The number of hydrogen-bond donors (Lipinski definition) is 1. The first kappa shape index (κ1) is 18.0. The van der Waals surface area contributed by atoms with Crippen LogP contribution in [-0.4, -0.2) is 18.6 Å². The Morgan fingerprint density at radius 1 is 1.12 bits per heavy atom. The van der Waals surface area contributed by atoms with Gasteiger partial charge in [0.1, 0.15) is 6.04 Å². The average molecular weight is 337 g/mol. The van der Waals surface area contributed by atoms with E-state index in [1.165, 1.54) is 12.1 Å². The predicted octanol–water partition coefficient (Wildman–Crippen LogP) is 3.81. The molecule has 2 N–H and O–H groups in total. The van der Waals surface area contributed by atoms with E-state index in [4.69, 9.17) is 10.5 Å². The molecule has 2 aromatic rings. The Bertz CT molecular complexity index is 696. The minimum atomic E-state index is -4.35. The smallest absolute Gasteiger partial charge is 0.416 e. The molecule has 0 radical (unpaired) electrons. The van der Waals surface area contributed by atoms with Crippen LogP contribution in [0.1, 0.15) is 18.1 Å². The molecule has 0 fully saturated rings. The molecule has 0 amide bonds. The van der Waals surface area contributed by atoms with Crippen LogP contribution in [0.25, 0.3) is 11.1 Å². The molecular formula is C18H18F3NO2. The summed E-state index contributed by atoms with van der Waals surface area (Å²) in [5.41, 5.74) is 7.34. The van der Waals surface area contributed by atoms with Crippen molar-refractivity contribution in [1.82, 2.24) is 0 Å². The molecule has 0 spiro atoms. The van der Waals surface area contributed by atoms with Gasteiger partial charge >= 0.3 is 12.1 Å². The summed E-state index contributed by atoms with van der Waals surface area (Å²) in [6.07, 6.45) is -4.06. The first-order valence-corrected chi connectivity index (χ1v) is 7.50. The normalized spacial score (nSPS) is 12.7. The Kier molecular flexibility index (Phi) is 5.62. The lowest BCUT2D eigenvalue weighted by Crippen LogP contribution is -2.34. The first-order chi connectivity index (χ1) is 11.3. The van der Waals surface area contributed by atoms with E-state index in [0.29, 0.717) is 12.0 Å². The lowest BCUT2D eigenvalue weighted by Gasteiger charge is -2.12. The van der Waals surface area contributed by atoms with Crippen molar-refractivity contribution < 1.29 is 22.7 Å². The Morgan fingerprint density at radius 3 is 2.38 bits per heavy atom. The van der Waals surface area contributed by atoms with Crippen LogP contribution >= 0.6 is 0 Å². The Morgan fingerprint density at radius 2 is 1.79 bits per heavy atom. The van der Waals surface area contributed by atoms with Crippen LogP contribution in [0.3, 0.4) is 0 Å². The number of ether oxygens (including phenoxy) is 1. The summed E-state index contributed by atoms with van der Waals surface area (Å²) in [4.78, 5) is 11.6. The second-order valence-electron chi connectivity index (χ2n) is 5.34. The number of carbonyl (C=O) groups is 1. The summed E-state index contributed by atoms with van der Waals surface area (Å²) in [5.74, 6) is -0.475. The van der Waals surface area contributed by atoms with Crippen LogP contribution in [0.2, 0.25) is 0 Å². The SMILES string of the molecule is CCOC(=O)C(N)Cc1cccc(-c2ccc(C(F)(F)F)cc2)c1. The van der Waals surface area contributed by atoms with Gasteiger partial charge in [-0.2, -0.15) is 13.2 Å². The van der Waals surface area contributed by atoms with Crippen molar-refractivity contribution in [3.05, 3.63) is 59.7 Å². The highest BCUT2D eigenvalue weighted by molar-refractivity contribution is 5.76. The average Bonchev–Trinajstić information content (AvgIpc) is 2.54. The van der Waals surface area contributed by atoms with E-state index >= 15 is 0 Å². The number of carbonyl (C=O) groups excluding carboxylic acids is 1. The number of alkyl halides is 3. The van der Waals surface area contributed by atoms with Gasteiger partial charge in [-0.1, -0.05) is 36.4 Å². The third kappa shape index (κ3) is 4.58. The minimum Gasteiger partial charge on any atom is -0.465 e. The standard InChI is InChI=1S/C18H18F3NO2/c1-2-24-17(23)16(22)11-12-4-3-5-14(10-12)13-6-8-15(9-7-13)18(19,20)21/h3-10,16H,2,11,22H2,1H3. The van der Waals surface area contributed by atoms with Crippen molar-refractivity contribution in [2.45, 2.75) is 25.6 Å². The maximum atomic E-state index is 12.6. The third-order valence-electron chi connectivity index (χ3n) is 3.52. The largest absolute Gasteiger partial charge is 0.465 e. The molecule has 0 aliphatic heterocycles. The maximum Gasteiger partial charge on any atom is 0.416 e. The summed E-state index contributed by atoms with van der Waals surface area (Å²) < 4.78 is 42.7. The Labute approximate surface area is 138 Å². The second-order valence-corrected chi connectivity index (χ2v) is 5.34. The highest BCUT2D eigenvalue weighted by Crippen LogP contribution is 2.31. The first-order valence-electron chi connectivity index (χ1n) is 7.50. The van der Waals surface area contributed by atoms with E-state index < -0.39 is 23.8 Å². The zero-order valence-electron chi connectivity index (χ0n) is 13.1. The predicted molar refractivity (Wildman–Crippen MR) is 85.2 cm³/mol. The van der Waals surface area contributed by atoms with Crippen molar-refractivity contribution in [3.63, 3.8) is 0 Å². The molecule has 0 bridgehead atoms. The Balaban J connectivity index is 2.17. The Hall–Kier alpha value is -2.34. The maximum absolute atomic E-state index is 12.6. The number of rotatable bonds is 5. The molecular weight excluding hydrogens is 319 g/mol. The number of nitrogens with two attached hydrogens (primary N) is 1. The third-order valence-corrected chi connectivity index (χ3v) is 3.52. The molecule has 0 heterocycles. The van der Waals surface area contributed by atoms with Crippen LogP contribution in [-0.2, 0) is 22.1 Å². The highest BCUT2D eigenvalue weighted by atomic mass is 19.4. The molecule has 2 rings (SSSR count). The van der Waals surface area contributed by atoms with Crippen LogP contribution in [0, 0.1) is 0 Å². The number of benzene rings is 2. The zero-order valence-corrected chi connectivity index (χ0v) is 13.1. The summed E-state index contributed by atoms with van der Waals surface area (Å²) in [5, 5.41) is 0. The van der Waals surface area contributed by atoms with Gasteiger partial charge in [-0.25, -0.2) is 0 Å². The van der Waals surface area contributed by atoms with Crippen molar-refractivity contribution >= 4 is 5.97 Å². The number of hydrogen-bond acceptors (Lipinski definition) is 3. The van der Waals surface area contributed by atoms with E-state index in [1.54, 1.807) is 19.1 Å². The monoisotopic (exact) mass is 337 g/mol. The van der Waals surface area contributed by atoms with E-state index in [9.17, 15) is 18.0 Å². The number of halogens is 3. The number of esters is 1. The van der Waals surface area contributed by atoms with Gasteiger partial charge in [0, 0.05) is 0 Å². The van der Waals surface area contributed by atoms with Gasteiger partial charge in [-0.05, 0) is 42.2 Å². The van der Waals surface area contributed by atoms with Crippen molar-refractivity contribution in [2.24, 2.45) is 5.73 Å². The topological polar surface area (TPSA) is 52.3 Å². The fourth-order valence-corrected chi connectivity index (χ4v) is 2.32. The molecule has 0 saturated carbocycles. The summed E-state index contributed by atoms with van der Waals surface area (Å²) in [6, 6.07) is 11.4. The lowest BCUT2D eigenvalue weighted by atomic mass is 9.99. The summed E-state index contributed by atoms with van der Waals surface area (Å²) >= 11 is 0. The van der Waals surface area contributed by atoms with Gasteiger partial charge in [0.05, 0.1) is 12.2 Å². The molecule has 24 heavy (non-hydrogen) atoms. The minimum absolute atomic E-state index is 0.262. The van der Waals surface area contributed by atoms with Crippen molar-refractivity contribution in [3.8, 4) is 11.1 Å². The molecule has 0 aliphatic carbocycles. The second kappa shape index (κ2) is 7.49. The van der Waals surface area contributed by atoms with Crippen LogP contribution in [0.15, 0.2) is 48.5 Å². The van der Waals surface area contributed by atoms with E-state index in [-0.39, 0.29) is 6.61 Å². The van der Waals surface area contributed by atoms with Gasteiger partial charge in [-0.3, -0.25) is 4.79 Å². The molecule has 6 heteroatoms. The van der Waals surface area contributed by atoms with E-state index in [1.807, 2.05) is 12.1 Å².